The molecule has 0 aromatic carbocycles. The Kier molecular flexibility index (Phi) is 5.71. The summed E-state index contributed by atoms with van der Waals surface area (Å²) >= 11 is 0. The highest BCUT2D eigenvalue weighted by Crippen LogP contribution is 2.30. The van der Waals surface area contributed by atoms with Gasteiger partial charge in [-0.05, 0) is 40.7 Å². The number of nitrogens with zero attached hydrogens (tertiary/aromatic N) is 1. The Morgan fingerprint density at radius 2 is 1.85 bits per heavy atom. The Balaban J connectivity index is 2.54. The molecule has 0 heterocycles. The second-order valence-corrected chi connectivity index (χ2v) is 6.37. The van der Waals surface area contributed by atoms with Crippen molar-refractivity contribution < 1.29 is 19.4 Å². The smallest absolute Gasteiger partial charge is 0.319 e. The van der Waals surface area contributed by atoms with Crippen LogP contribution in [0.15, 0.2) is 0 Å². The van der Waals surface area contributed by atoms with Crippen LogP contribution in [0.25, 0.3) is 0 Å². The lowest BCUT2D eigenvalue weighted by atomic mass is 9.87. The molecule has 1 rings (SSSR count). The molecule has 5 nitrogen and oxygen atoms in total. The van der Waals surface area contributed by atoms with Crippen LogP contribution >= 0.6 is 0 Å². The maximum Gasteiger partial charge on any atom is 0.319 e. The highest BCUT2D eigenvalue weighted by molar-refractivity contribution is 6.03. The largest absolute Gasteiger partial charge is 0.465 e. The van der Waals surface area contributed by atoms with Crippen LogP contribution in [0.3, 0.4) is 0 Å². The summed E-state index contributed by atoms with van der Waals surface area (Å²) < 4.78 is 4.93. The number of esters is 1. The quantitative estimate of drug-likeness (QED) is 0.565. The van der Waals surface area contributed by atoms with Crippen LogP contribution in [0.1, 0.15) is 46.5 Å². The molecule has 0 aliphatic heterocycles. The molecule has 0 spiro atoms. The first-order valence-corrected chi connectivity index (χ1v) is 7.33. The van der Waals surface area contributed by atoms with Gasteiger partial charge in [-0.3, -0.25) is 14.5 Å². The molecule has 0 atom stereocenters. The van der Waals surface area contributed by atoms with Gasteiger partial charge in [0.05, 0.1) is 18.8 Å². The first-order chi connectivity index (χ1) is 9.21. The molecule has 1 saturated carbocycles. The van der Waals surface area contributed by atoms with Crippen LogP contribution in [-0.2, 0) is 14.3 Å². The summed E-state index contributed by atoms with van der Waals surface area (Å²) in [5, 5.41) is 10.3. The molecular weight excluding hydrogens is 258 g/mol. The van der Waals surface area contributed by atoms with Crippen molar-refractivity contribution in [2.45, 2.75) is 52.1 Å². The lowest BCUT2D eigenvalue weighted by Gasteiger charge is -2.30. The van der Waals surface area contributed by atoms with Crippen LogP contribution in [0.4, 0.5) is 0 Å². The summed E-state index contributed by atoms with van der Waals surface area (Å²) in [6.45, 7) is 5.79. The van der Waals surface area contributed by atoms with E-state index in [0.29, 0.717) is 6.54 Å². The minimum atomic E-state index is -1.14. The molecule has 116 valence electrons. The SMILES string of the molecule is CCOC(=O)C(C)(C)C(=O)CN(C)CC1(O)CCCC1. The van der Waals surface area contributed by atoms with Gasteiger partial charge in [0, 0.05) is 6.54 Å². The summed E-state index contributed by atoms with van der Waals surface area (Å²) in [6, 6.07) is 0. The summed E-state index contributed by atoms with van der Waals surface area (Å²) in [5.41, 5.74) is -1.81. The number of ether oxygens (including phenoxy) is 1. The number of Topliss-reactive ketones (excluding diaryl/α,β-unsaturated/α-hetero) is 1. The van der Waals surface area contributed by atoms with Crippen LogP contribution < -0.4 is 0 Å². The molecule has 0 bridgehead atoms. The summed E-state index contributed by atoms with van der Waals surface area (Å²) in [6.07, 6.45) is 3.64. The minimum absolute atomic E-state index is 0.147. The van der Waals surface area contributed by atoms with E-state index in [9.17, 15) is 14.7 Å². The van der Waals surface area contributed by atoms with E-state index in [-0.39, 0.29) is 18.9 Å². The molecular formula is C15H27NO4. The Hall–Kier alpha value is -0.940. The predicted octanol–water partition coefficient (Wildman–Crippen LogP) is 1.38. The van der Waals surface area contributed by atoms with Gasteiger partial charge in [-0.1, -0.05) is 12.8 Å². The summed E-state index contributed by atoms with van der Waals surface area (Å²) in [5.74, 6) is -0.668. The second kappa shape index (κ2) is 6.68. The molecule has 0 aromatic heterocycles. The Morgan fingerprint density at radius 1 is 1.30 bits per heavy atom. The zero-order valence-corrected chi connectivity index (χ0v) is 13.1. The van der Waals surface area contributed by atoms with Gasteiger partial charge >= 0.3 is 5.97 Å². The van der Waals surface area contributed by atoms with Crippen LogP contribution in [0.5, 0.6) is 0 Å². The third-order valence-electron chi connectivity index (χ3n) is 3.99. The van der Waals surface area contributed by atoms with Crippen LogP contribution in [0, 0.1) is 5.41 Å². The third kappa shape index (κ3) is 4.28. The van der Waals surface area contributed by atoms with E-state index < -0.39 is 17.0 Å². The predicted molar refractivity (Wildman–Crippen MR) is 76.3 cm³/mol. The average molecular weight is 285 g/mol. The Labute approximate surface area is 121 Å². The first kappa shape index (κ1) is 17.1. The summed E-state index contributed by atoms with van der Waals surface area (Å²) in [7, 11) is 1.80. The number of carbonyl (C=O) groups is 2. The van der Waals surface area contributed by atoms with Gasteiger partial charge in [-0.2, -0.15) is 0 Å². The number of hydrogen-bond acceptors (Lipinski definition) is 5. The van der Waals surface area contributed by atoms with Gasteiger partial charge in [-0.25, -0.2) is 0 Å². The molecule has 0 aromatic rings. The Morgan fingerprint density at radius 3 is 2.35 bits per heavy atom. The molecule has 0 radical (unpaired) electrons. The van der Waals surface area contributed by atoms with Crippen LogP contribution in [0.2, 0.25) is 0 Å². The van der Waals surface area contributed by atoms with Crippen molar-refractivity contribution in [3.63, 3.8) is 0 Å². The summed E-state index contributed by atoms with van der Waals surface area (Å²) in [4.78, 5) is 25.8. The van der Waals surface area contributed by atoms with Gasteiger partial charge < -0.3 is 9.84 Å². The number of likely N-dealkylation sites (N-methyl/N-ethyl adjacent to an activating group) is 1. The van der Waals surface area contributed by atoms with Gasteiger partial charge in [-0.15, -0.1) is 0 Å². The molecule has 20 heavy (non-hydrogen) atoms. The highest BCUT2D eigenvalue weighted by Gasteiger charge is 2.39. The number of ketones is 1. The lowest BCUT2D eigenvalue weighted by Crippen LogP contribution is -2.45. The van der Waals surface area contributed by atoms with Gasteiger partial charge in [0.2, 0.25) is 0 Å². The minimum Gasteiger partial charge on any atom is -0.465 e. The number of aliphatic hydroxyl groups is 1. The van der Waals surface area contributed by atoms with Crippen molar-refractivity contribution in [2.75, 3.05) is 26.7 Å². The second-order valence-electron chi connectivity index (χ2n) is 6.37. The maximum atomic E-state index is 12.2. The van der Waals surface area contributed by atoms with E-state index >= 15 is 0 Å². The lowest BCUT2D eigenvalue weighted by molar-refractivity contribution is -0.158. The topological polar surface area (TPSA) is 66.8 Å². The molecule has 1 aliphatic carbocycles. The van der Waals surface area contributed by atoms with E-state index in [4.69, 9.17) is 4.74 Å². The maximum absolute atomic E-state index is 12.2. The van der Waals surface area contributed by atoms with Crippen molar-refractivity contribution in [1.82, 2.24) is 4.90 Å². The van der Waals surface area contributed by atoms with E-state index in [2.05, 4.69) is 0 Å². The highest BCUT2D eigenvalue weighted by atomic mass is 16.5. The standard InChI is InChI=1S/C15H27NO4/c1-5-20-13(18)14(2,3)12(17)10-16(4)11-15(19)8-6-7-9-15/h19H,5-11H2,1-4H3. The van der Waals surface area contributed by atoms with Crippen molar-refractivity contribution >= 4 is 11.8 Å². The van der Waals surface area contributed by atoms with E-state index in [0.717, 1.165) is 25.7 Å². The van der Waals surface area contributed by atoms with Gasteiger partial charge in [0.25, 0.3) is 0 Å². The number of rotatable bonds is 7. The van der Waals surface area contributed by atoms with E-state index in [1.54, 1.807) is 32.7 Å². The van der Waals surface area contributed by atoms with Crippen molar-refractivity contribution in [3.05, 3.63) is 0 Å². The monoisotopic (exact) mass is 285 g/mol. The number of carbonyl (C=O) groups excluding carboxylic acids is 2. The molecule has 1 N–H and O–H groups in total. The molecule has 0 saturated heterocycles. The molecule has 0 amide bonds. The third-order valence-corrected chi connectivity index (χ3v) is 3.99. The average Bonchev–Trinajstić information content (AvgIpc) is 2.75. The van der Waals surface area contributed by atoms with E-state index in [1.807, 2.05) is 0 Å². The van der Waals surface area contributed by atoms with Crippen molar-refractivity contribution in [3.8, 4) is 0 Å². The van der Waals surface area contributed by atoms with Crippen molar-refractivity contribution in [2.24, 2.45) is 5.41 Å². The Bertz CT molecular complexity index is 359. The first-order valence-electron chi connectivity index (χ1n) is 7.33. The number of hydrogen-bond donors (Lipinski definition) is 1. The molecule has 0 unspecified atom stereocenters. The normalized spacial score (nSPS) is 18.3. The van der Waals surface area contributed by atoms with Crippen LogP contribution in [-0.4, -0.2) is 54.1 Å². The van der Waals surface area contributed by atoms with Gasteiger partial charge in [0.1, 0.15) is 5.41 Å². The zero-order valence-electron chi connectivity index (χ0n) is 13.1. The fourth-order valence-corrected chi connectivity index (χ4v) is 2.62. The zero-order chi connectivity index (χ0) is 15.4. The van der Waals surface area contributed by atoms with Crippen molar-refractivity contribution in [1.29, 1.82) is 0 Å². The fourth-order valence-electron chi connectivity index (χ4n) is 2.62. The molecule has 5 heteroatoms. The fraction of sp³-hybridized carbons (Fsp3) is 0.867. The van der Waals surface area contributed by atoms with Gasteiger partial charge in [0.15, 0.2) is 5.78 Å². The van der Waals surface area contributed by atoms with E-state index in [1.165, 1.54) is 0 Å². The molecule has 1 aliphatic rings. The molecule has 1 fully saturated rings.